The van der Waals surface area contributed by atoms with Crippen molar-refractivity contribution in [1.29, 1.82) is 0 Å². The van der Waals surface area contributed by atoms with E-state index in [4.69, 9.17) is 27.7 Å². The van der Waals surface area contributed by atoms with Gasteiger partial charge in [-0.25, -0.2) is 4.98 Å². The standard InChI is InChI=1S/C12H9Cl2N5O/c1-6-17-12(19-20-6)5-16-11-4-15-9-2-7(13)8(14)3-10(9)18-11/h2-4H,5H2,1H3,(H,16,18). The van der Waals surface area contributed by atoms with E-state index in [0.29, 0.717) is 45.2 Å². The molecule has 20 heavy (non-hydrogen) atoms. The molecular weight excluding hydrogens is 301 g/mol. The first kappa shape index (κ1) is 13.1. The third-order valence-corrected chi connectivity index (χ3v) is 3.30. The van der Waals surface area contributed by atoms with E-state index in [0.717, 1.165) is 0 Å². The van der Waals surface area contributed by atoms with Crippen LogP contribution < -0.4 is 5.32 Å². The Balaban J connectivity index is 1.83. The molecule has 1 aromatic carbocycles. The summed E-state index contributed by atoms with van der Waals surface area (Å²) in [6.45, 7) is 2.14. The summed E-state index contributed by atoms with van der Waals surface area (Å²) >= 11 is 11.9. The lowest BCUT2D eigenvalue weighted by Gasteiger charge is -2.04. The highest BCUT2D eigenvalue weighted by atomic mass is 35.5. The van der Waals surface area contributed by atoms with Gasteiger partial charge in [0.25, 0.3) is 0 Å². The van der Waals surface area contributed by atoms with Crippen molar-refractivity contribution in [2.24, 2.45) is 0 Å². The molecule has 0 fully saturated rings. The van der Waals surface area contributed by atoms with E-state index in [9.17, 15) is 0 Å². The van der Waals surface area contributed by atoms with Crippen molar-refractivity contribution in [3.63, 3.8) is 0 Å². The number of aryl methyl sites for hydroxylation is 1. The highest BCUT2D eigenvalue weighted by molar-refractivity contribution is 6.42. The second-order valence-electron chi connectivity index (χ2n) is 4.09. The summed E-state index contributed by atoms with van der Waals surface area (Å²) < 4.78 is 4.88. The smallest absolute Gasteiger partial charge is 0.223 e. The second-order valence-corrected chi connectivity index (χ2v) is 4.91. The van der Waals surface area contributed by atoms with Crippen molar-refractivity contribution in [3.8, 4) is 0 Å². The van der Waals surface area contributed by atoms with Gasteiger partial charge in [0.1, 0.15) is 5.82 Å². The molecule has 3 rings (SSSR count). The van der Waals surface area contributed by atoms with E-state index >= 15 is 0 Å². The van der Waals surface area contributed by atoms with E-state index in [1.165, 1.54) is 0 Å². The zero-order valence-electron chi connectivity index (χ0n) is 10.4. The monoisotopic (exact) mass is 309 g/mol. The van der Waals surface area contributed by atoms with Crippen LogP contribution in [-0.2, 0) is 6.54 Å². The van der Waals surface area contributed by atoms with Gasteiger partial charge in [-0.1, -0.05) is 28.4 Å². The fourth-order valence-corrected chi connectivity index (χ4v) is 1.99. The SMILES string of the molecule is Cc1nc(CNc2cnc3cc(Cl)c(Cl)cc3n2)no1. The first-order valence-electron chi connectivity index (χ1n) is 5.76. The first-order valence-corrected chi connectivity index (χ1v) is 6.52. The minimum Gasteiger partial charge on any atom is -0.361 e. The molecular formula is C12H9Cl2N5O. The largest absolute Gasteiger partial charge is 0.361 e. The van der Waals surface area contributed by atoms with Gasteiger partial charge in [-0.3, -0.25) is 4.98 Å². The van der Waals surface area contributed by atoms with Gasteiger partial charge >= 0.3 is 0 Å². The Kier molecular flexibility index (Phi) is 3.42. The minimum absolute atomic E-state index is 0.402. The molecule has 8 heteroatoms. The quantitative estimate of drug-likeness (QED) is 0.800. The van der Waals surface area contributed by atoms with Gasteiger partial charge in [-0.05, 0) is 12.1 Å². The van der Waals surface area contributed by atoms with Crippen LogP contribution in [0.1, 0.15) is 11.7 Å². The first-order chi connectivity index (χ1) is 9.61. The second kappa shape index (κ2) is 5.22. The van der Waals surface area contributed by atoms with Crippen LogP contribution >= 0.6 is 23.2 Å². The van der Waals surface area contributed by atoms with Crippen LogP contribution in [0.25, 0.3) is 11.0 Å². The maximum absolute atomic E-state index is 5.96. The fraction of sp³-hybridized carbons (Fsp3) is 0.167. The molecule has 2 aromatic heterocycles. The predicted octanol–water partition coefficient (Wildman–Crippen LogP) is 3.24. The van der Waals surface area contributed by atoms with Crippen molar-refractivity contribution in [1.82, 2.24) is 20.1 Å². The Morgan fingerprint density at radius 1 is 1.15 bits per heavy atom. The Bertz CT molecular complexity index is 774. The number of nitrogens with one attached hydrogen (secondary N) is 1. The molecule has 2 heterocycles. The molecule has 0 aliphatic heterocycles. The Morgan fingerprint density at radius 2 is 1.90 bits per heavy atom. The van der Waals surface area contributed by atoms with Crippen molar-refractivity contribution < 1.29 is 4.52 Å². The van der Waals surface area contributed by atoms with Gasteiger partial charge in [0.2, 0.25) is 5.89 Å². The fourth-order valence-electron chi connectivity index (χ4n) is 1.68. The maximum Gasteiger partial charge on any atom is 0.223 e. The van der Waals surface area contributed by atoms with Gasteiger partial charge in [-0.2, -0.15) is 4.98 Å². The highest BCUT2D eigenvalue weighted by Crippen LogP contribution is 2.26. The summed E-state index contributed by atoms with van der Waals surface area (Å²) in [4.78, 5) is 12.8. The van der Waals surface area contributed by atoms with Crippen LogP contribution in [0.15, 0.2) is 22.9 Å². The molecule has 0 spiro atoms. The van der Waals surface area contributed by atoms with Crippen LogP contribution in [0.2, 0.25) is 10.0 Å². The topological polar surface area (TPSA) is 76.7 Å². The molecule has 0 unspecified atom stereocenters. The van der Waals surface area contributed by atoms with Crippen molar-refractivity contribution in [2.45, 2.75) is 13.5 Å². The Morgan fingerprint density at radius 3 is 2.60 bits per heavy atom. The zero-order valence-corrected chi connectivity index (χ0v) is 11.9. The number of aromatic nitrogens is 4. The van der Waals surface area contributed by atoms with Gasteiger partial charge in [0, 0.05) is 6.92 Å². The van der Waals surface area contributed by atoms with Gasteiger partial charge in [-0.15, -0.1) is 0 Å². The Hall–Kier alpha value is -1.92. The third-order valence-electron chi connectivity index (χ3n) is 2.58. The van der Waals surface area contributed by atoms with E-state index < -0.39 is 0 Å². The lowest BCUT2D eigenvalue weighted by molar-refractivity contribution is 0.388. The average molecular weight is 310 g/mol. The van der Waals surface area contributed by atoms with Crippen LogP contribution in [0.4, 0.5) is 5.82 Å². The minimum atomic E-state index is 0.402. The number of rotatable bonds is 3. The maximum atomic E-state index is 5.96. The normalized spacial score (nSPS) is 10.9. The highest BCUT2D eigenvalue weighted by Gasteiger charge is 2.06. The van der Waals surface area contributed by atoms with Crippen LogP contribution in [0.3, 0.4) is 0 Å². The summed E-state index contributed by atoms with van der Waals surface area (Å²) in [7, 11) is 0. The summed E-state index contributed by atoms with van der Waals surface area (Å²) in [5.74, 6) is 1.67. The number of fused-ring (bicyclic) bond motifs is 1. The third kappa shape index (κ3) is 2.66. The molecule has 0 atom stereocenters. The lowest BCUT2D eigenvalue weighted by atomic mass is 10.3. The number of anilines is 1. The van der Waals surface area contributed by atoms with Crippen molar-refractivity contribution >= 4 is 40.1 Å². The molecule has 0 radical (unpaired) electrons. The lowest BCUT2D eigenvalue weighted by Crippen LogP contribution is -2.03. The van der Waals surface area contributed by atoms with Gasteiger partial charge < -0.3 is 9.84 Å². The summed E-state index contributed by atoms with van der Waals surface area (Å²) in [5.41, 5.74) is 1.34. The van der Waals surface area contributed by atoms with Gasteiger partial charge in [0.15, 0.2) is 5.82 Å². The summed E-state index contributed by atoms with van der Waals surface area (Å²) in [6, 6.07) is 3.36. The molecule has 0 saturated heterocycles. The van der Waals surface area contributed by atoms with Crippen LogP contribution in [0.5, 0.6) is 0 Å². The predicted molar refractivity (Wildman–Crippen MR) is 75.9 cm³/mol. The van der Waals surface area contributed by atoms with Crippen molar-refractivity contribution in [3.05, 3.63) is 40.1 Å². The number of halogens is 2. The van der Waals surface area contributed by atoms with Crippen LogP contribution in [0, 0.1) is 6.92 Å². The number of benzene rings is 1. The van der Waals surface area contributed by atoms with E-state index in [-0.39, 0.29) is 0 Å². The number of hydrogen-bond acceptors (Lipinski definition) is 6. The molecule has 0 aliphatic rings. The molecule has 0 bridgehead atoms. The molecule has 1 N–H and O–H groups in total. The molecule has 3 aromatic rings. The number of nitrogens with zero attached hydrogens (tertiary/aromatic N) is 4. The van der Waals surface area contributed by atoms with E-state index in [2.05, 4.69) is 25.4 Å². The average Bonchev–Trinajstić information content (AvgIpc) is 2.84. The van der Waals surface area contributed by atoms with Crippen molar-refractivity contribution in [2.75, 3.05) is 5.32 Å². The molecule has 6 nitrogen and oxygen atoms in total. The number of hydrogen-bond donors (Lipinski definition) is 1. The zero-order chi connectivity index (χ0) is 14.1. The molecule has 102 valence electrons. The van der Waals surface area contributed by atoms with Gasteiger partial charge in [0.05, 0.1) is 33.8 Å². The molecule has 0 aliphatic carbocycles. The van der Waals surface area contributed by atoms with E-state index in [1.807, 2.05) is 0 Å². The van der Waals surface area contributed by atoms with E-state index in [1.54, 1.807) is 25.3 Å². The molecule has 0 saturated carbocycles. The Labute approximate surface area is 124 Å². The summed E-state index contributed by atoms with van der Waals surface area (Å²) in [5, 5.41) is 7.75. The van der Waals surface area contributed by atoms with Crippen LogP contribution in [-0.4, -0.2) is 20.1 Å². The summed E-state index contributed by atoms with van der Waals surface area (Å²) in [6.07, 6.45) is 1.61. The molecule has 0 amide bonds.